The molecule has 2 aromatic rings. The molecule has 0 aliphatic rings. The molecule has 0 aliphatic carbocycles. The van der Waals surface area contributed by atoms with Gasteiger partial charge in [0.15, 0.2) is 23.3 Å². The van der Waals surface area contributed by atoms with Crippen molar-refractivity contribution in [1.82, 2.24) is 0 Å². The molecule has 2 N–H and O–H groups in total. The highest BCUT2D eigenvalue weighted by Gasteiger charge is 2.30. The third kappa shape index (κ3) is 3.27. The molecule has 0 aliphatic heterocycles. The highest BCUT2D eigenvalue weighted by atomic mass is 32.2. The SMILES string of the molecule is Cc1ccc(S(=O)(=O)Nc2c(F)c(F)c(F)c(F)c2F)c(C(=O)O)c1. The number of hydrogen-bond acceptors (Lipinski definition) is 3. The maximum Gasteiger partial charge on any atom is 0.337 e. The van der Waals surface area contributed by atoms with E-state index >= 15 is 0 Å². The zero-order chi connectivity index (χ0) is 19.1. The van der Waals surface area contributed by atoms with Gasteiger partial charge in [0.25, 0.3) is 10.0 Å². The quantitative estimate of drug-likeness (QED) is 0.484. The van der Waals surface area contributed by atoms with Gasteiger partial charge in [-0.3, -0.25) is 4.72 Å². The minimum absolute atomic E-state index is 0.368. The van der Waals surface area contributed by atoms with Crippen molar-refractivity contribution in [2.45, 2.75) is 11.8 Å². The van der Waals surface area contributed by atoms with Crippen LogP contribution in [0.1, 0.15) is 15.9 Å². The standard InChI is InChI=1S/C14H8F5NO4S/c1-5-2-3-7(6(4-5)14(21)22)25(23,24)20-13-11(18)9(16)8(15)10(17)12(13)19/h2-4,20H,1H3,(H,21,22). The first-order valence-electron chi connectivity index (χ1n) is 6.35. The molecule has 25 heavy (non-hydrogen) atoms. The van der Waals surface area contributed by atoms with Gasteiger partial charge in [-0.1, -0.05) is 11.6 Å². The summed E-state index contributed by atoms with van der Waals surface area (Å²) in [5.41, 5.74) is -2.18. The summed E-state index contributed by atoms with van der Waals surface area (Å²) in [6.45, 7) is 1.46. The first-order chi connectivity index (χ1) is 11.5. The molecule has 0 fully saturated rings. The van der Waals surface area contributed by atoms with Crippen LogP contribution in [0.5, 0.6) is 0 Å². The number of carboxylic acids is 1. The molecule has 2 aromatic carbocycles. The number of aromatic carboxylic acids is 1. The van der Waals surface area contributed by atoms with E-state index in [4.69, 9.17) is 5.11 Å². The molecule has 2 rings (SSSR count). The first kappa shape index (κ1) is 18.6. The number of hydrogen-bond donors (Lipinski definition) is 2. The smallest absolute Gasteiger partial charge is 0.337 e. The van der Waals surface area contributed by atoms with Crippen molar-refractivity contribution in [1.29, 1.82) is 0 Å². The van der Waals surface area contributed by atoms with Crippen LogP contribution in [-0.4, -0.2) is 19.5 Å². The third-order valence-electron chi connectivity index (χ3n) is 3.10. The van der Waals surface area contributed by atoms with Crippen molar-refractivity contribution in [2.75, 3.05) is 4.72 Å². The van der Waals surface area contributed by atoms with Crippen molar-refractivity contribution in [3.8, 4) is 0 Å². The fraction of sp³-hybridized carbons (Fsp3) is 0.0714. The number of sulfonamides is 1. The molecular formula is C14H8F5NO4S. The molecule has 0 amide bonds. The second kappa shape index (κ2) is 6.31. The predicted molar refractivity (Wildman–Crippen MR) is 75.2 cm³/mol. The predicted octanol–water partition coefficient (Wildman–Crippen LogP) is 3.19. The van der Waals surface area contributed by atoms with E-state index in [1.54, 1.807) is 0 Å². The highest BCUT2D eigenvalue weighted by molar-refractivity contribution is 7.92. The van der Waals surface area contributed by atoms with Crippen LogP contribution in [-0.2, 0) is 10.0 Å². The van der Waals surface area contributed by atoms with Crippen molar-refractivity contribution in [3.63, 3.8) is 0 Å². The van der Waals surface area contributed by atoms with Gasteiger partial charge in [0.05, 0.1) is 5.56 Å². The fourth-order valence-electron chi connectivity index (χ4n) is 1.93. The summed E-state index contributed by atoms with van der Waals surface area (Å²) in [7, 11) is -4.96. The van der Waals surface area contributed by atoms with E-state index in [2.05, 4.69) is 0 Å². The average molecular weight is 381 g/mol. The van der Waals surface area contributed by atoms with Crippen molar-refractivity contribution in [3.05, 3.63) is 58.4 Å². The molecule has 0 saturated carbocycles. The molecule has 0 heterocycles. The van der Waals surface area contributed by atoms with Crippen molar-refractivity contribution >= 4 is 21.7 Å². The number of anilines is 1. The van der Waals surface area contributed by atoms with E-state index in [-0.39, 0.29) is 0 Å². The van der Waals surface area contributed by atoms with Crippen LogP contribution in [0, 0.1) is 36.0 Å². The molecule has 0 aromatic heterocycles. The molecule has 0 spiro atoms. The Bertz CT molecular complexity index is 962. The maximum absolute atomic E-state index is 13.6. The molecule has 0 unspecified atom stereocenters. The van der Waals surface area contributed by atoms with E-state index in [9.17, 15) is 35.2 Å². The Labute approximate surface area is 137 Å². The molecule has 0 radical (unpaired) electrons. The van der Waals surface area contributed by atoms with Gasteiger partial charge in [0.1, 0.15) is 10.6 Å². The van der Waals surface area contributed by atoms with Gasteiger partial charge in [-0.15, -0.1) is 0 Å². The minimum Gasteiger partial charge on any atom is -0.478 e. The van der Waals surface area contributed by atoms with Crippen LogP contribution in [0.4, 0.5) is 27.6 Å². The Hall–Kier alpha value is -2.69. The third-order valence-corrected chi connectivity index (χ3v) is 4.51. The van der Waals surface area contributed by atoms with Gasteiger partial charge < -0.3 is 5.11 Å². The van der Waals surface area contributed by atoms with Gasteiger partial charge in [-0.05, 0) is 19.1 Å². The minimum atomic E-state index is -4.96. The van der Waals surface area contributed by atoms with Crippen LogP contribution < -0.4 is 4.72 Å². The lowest BCUT2D eigenvalue weighted by atomic mass is 10.1. The van der Waals surface area contributed by atoms with Gasteiger partial charge in [-0.25, -0.2) is 35.2 Å². The average Bonchev–Trinajstić information content (AvgIpc) is 2.54. The Morgan fingerprint density at radius 2 is 1.44 bits per heavy atom. The number of halogens is 5. The summed E-state index contributed by atoms with van der Waals surface area (Å²) in [6.07, 6.45) is 0. The first-order valence-corrected chi connectivity index (χ1v) is 7.84. The highest BCUT2D eigenvalue weighted by Crippen LogP contribution is 2.30. The summed E-state index contributed by atoms with van der Waals surface area (Å²) in [4.78, 5) is 10.2. The van der Waals surface area contributed by atoms with E-state index in [1.165, 1.54) is 17.7 Å². The van der Waals surface area contributed by atoms with Gasteiger partial charge in [0.2, 0.25) is 5.82 Å². The number of benzene rings is 2. The molecule has 134 valence electrons. The molecule has 0 saturated heterocycles. The molecule has 0 bridgehead atoms. The van der Waals surface area contributed by atoms with Crippen molar-refractivity contribution in [2.24, 2.45) is 0 Å². The van der Waals surface area contributed by atoms with E-state index < -0.39 is 61.2 Å². The Morgan fingerprint density at radius 3 is 1.92 bits per heavy atom. The van der Waals surface area contributed by atoms with E-state index in [0.717, 1.165) is 12.1 Å². The summed E-state index contributed by atoms with van der Waals surface area (Å²) < 4.78 is 92.1. The summed E-state index contributed by atoms with van der Waals surface area (Å²) >= 11 is 0. The largest absolute Gasteiger partial charge is 0.478 e. The van der Waals surface area contributed by atoms with Gasteiger partial charge in [0, 0.05) is 0 Å². The molecule has 0 atom stereocenters. The Morgan fingerprint density at radius 1 is 0.960 bits per heavy atom. The lowest BCUT2D eigenvalue weighted by Crippen LogP contribution is -2.20. The van der Waals surface area contributed by atoms with Gasteiger partial charge in [-0.2, -0.15) is 0 Å². The Balaban J connectivity index is 2.65. The summed E-state index contributed by atoms with van der Waals surface area (Å²) in [5, 5.41) is 9.04. The van der Waals surface area contributed by atoms with Crippen LogP contribution in [0.25, 0.3) is 0 Å². The number of carboxylic acid groups (broad SMARTS) is 1. The zero-order valence-electron chi connectivity index (χ0n) is 12.2. The molecular weight excluding hydrogens is 373 g/mol. The monoisotopic (exact) mass is 381 g/mol. The fourth-order valence-corrected chi connectivity index (χ4v) is 3.17. The van der Waals surface area contributed by atoms with Crippen LogP contribution in [0.2, 0.25) is 0 Å². The van der Waals surface area contributed by atoms with Crippen LogP contribution in [0.15, 0.2) is 23.1 Å². The topological polar surface area (TPSA) is 83.5 Å². The van der Waals surface area contributed by atoms with E-state index in [1.807, 2.05) is 0 Å². The summed E-state index contributed by atoms with van der Waals surface area (Å²) in [5.74, 6) is -13.6. The van der Waals surface area contributed by atoms with Crippen LogP contribution in [0.3, 0.4) is 0 Å². The molecule has 5 nitrogen and oxygen atoms in total. The lowest BCUT2D eigenvalue weighted by Gasteiger charge is -2.13. The summed E-state index contributed by atoms with van der Waals surface area (Å²) in [6, 6.07) is 2.99. The number of rotatable bonds is 4. The number of aryl methyl sites for hydroxylation is 1. The number of carbonyl (C=O) groups is 1. The van der Waals surface area contributed by atoms with Crippen LogP contribution >= 0.6 is 0 Å². The van der Waals surface area contributed by atoms with Crippen molar-refractivity contribution < 1.29 is 40.3 Å². The zero-order valence-corrected chi connectivity index (χ0v) is 13.0. The molecule has 11 heteroatoms. The maximum atomic E-state index is 13.6. The number of nitrogens with one attached hydrogen (secondary N) is 1. The lowest BCUT2D eigenvalue weighted by molar-refractivity contribution is 0.0692. The normalized spacial score (nSPS) is 11.4. The second-order valence-electron chi connectivity index (χ2n) is 4.86. The Kier molecular flexibility index (Phi) is 4.71. The van der Waals surface area contributed by atoms with E-state index in [0.29, 0.717) is 5.56 Å². The van der Waals surface area contributed by atoms with Gasteiger partial charge >= 0.3 is 5.97 Å². The second-order valence-corrected chi connectivity index (χ2v) is 6.51.